The van der Waals surface area contributed by atoms with Crippen molar-refractivity contribution >= 4 is 56.2 Å². The van der Waals surface area contributed by atoms with E-state index in [9.17, 15) is 9.18 Å². The van der Waals surface area contributed by atoms with Gasteiger partial charge in [0, 0.05) is 20.8 Å². The molecule has 0 saturated heterocycles. The van der Waals surface area contributed by atoms with Crippen LogP contribution in [0.3, 0.4) is 0 Å². The maximum Gasteiger partial charge on any atom is 0.267 e. The van der Waals surface area contributed by atoms with Gasteiger partial charge in [-0.15, -0.1) is 11.3 Å². The summed E-state index contributed by atoms with van der Waals surface area (Å²) in [5.74, 6) is -0.688. The molecule has 106 valence electrons. The minimum absolute atomic E-state index is 0.330. The van der Waals surface area contributed by atoms with Crippen molar-refractivity contribution in [3.8, 4) is 0 Å². The fraction of sp³-hybridized carbons (Fsp3) is 0. The molecule has 1 amide bonds. The minimum Gasteiger partial charge on any atom is -0.321 e. The van der Waals surface area contributed by atoms with Gasteiger partial charge in [-0.05, 0) is 36.4 Å². The van der Waals surface area contributed by atoms with Crippen molar-refractivity contribution in [2.75, 3.05) is 5.32 Å². The molecule has 0 aliphatic carbocycles. The van der Waals surface area contributed by atoms with Crippen LogP contribution in [0.5, 0.6) is 0 Å². The summed E-state index contributed by atoms with van der Waals surface area (Å²) in [6.07, 6.45) is 0. The molecule has 2 nitrogen and oxygen atoms in total. The van der Waals surface area contributed by atoms with Gasteiger partial charge in [-0.2, -0.15) is 0 Å². The monoisotopic (exact) mass is 339 g/mol. The molecule has 0 radical (unpaired) electrons. The highest BCUT2D eigenvalue weighted by molar-refractivity contribution is 7.21. The van der Waals surface area contributed by atoms with E-state index in [2.05, 4.69) is 5.32 Å². The summed E-state index contributed by atoms with van der Waals surface area (Å²) in [6, 6.07) is 10.8. The third-order valence-electron chi connectivity index (χ3n) is 2.90. The molecular formula is C15H8Cl2FNOS. The molecule has 2 aromatic carbocycles. The Morgan fingerprint density at radius 1 is 1.10 bits per heavy atom. The van der Waals surface area contributed by atoms with Crippen molar-refractivity contribution in [1.82, 2.24) is 0 Å². The molecule has 0 bridgehead atoms. The first-order valence-corrected chi connectivity index (χ1v) is 7.56. The van der Waals surface area contributed by atoms with Crippen LogP contribution in [0.2, 0.25) is 10.0 Å². The van der Waals surface area contributed by atoms with E-state index in [0.717, 1.165) is 10.1 Å². The molecule has 0 saturated carbocycles. The predicted molar refractivity (Wildman–Crippen MR) is 86.2 cm³/mol. The first kappa shape index (κ1) is 14.3. The third-order valence-corrected chi connectivity index (χ3v) is 4.79. The van der Waals surface area contributed by atoms with Gasteiger partial charge in [0.05, 0.1) is 5.02 Å². The van der Waals surface area contributed by atoms with E-state index in [1.807, 2.05) is 0 Å². The molecule has 0 aliphatic rings. The normalized spacial score (nSPS) is 10.8. The number of benzene rings is 2. The average Bonchev–Trinajstić information content (AvgIpc) is 2.78. The maximum atomic E-state index is 12.8. The van der Waals surface area contributed by atoms with Crippen LogP contribution in [0.25, 0.3) is 10.1 Å². The van der Waals surface area contributed by atoms with Crippen LogP contribution in [-0.4, -0.2) is 5.91 Å². The van der Waals surface area contributed by atoms with Gasteiger partial charge < -0.3 is 5.32 Å². The second kappa shape index (κ2) is 5.64. The molecule has 0 spiro atoms. The number of anilines is 1. The van der Waals surface area contributed by atoms with E-state index in [1.165, 1.54) is 35.6 Å². The summed E-state index contributed by atoms with van der Waals surface area (Å²) in [7, 11) is 0. The predicted octanol–water partition coefficient (Wildman–Crippen LogP) is 5.60. The molecule has 0 fully saturated rings. The number of carbonyl (C=O) groups excluding carboxylic acids is 1. The van der Waals surface area contributed by atoms with E-state index < -0.39 is 0 Å². The van der Waals surface area contributed by atoms with Crippen molar-refractivity contribution in [3.05, 3.63) is 63.2 Å². The van der Waals surface area contributed by atoms with Crippen LogP contribution in [0.15, 0.2) is 42.5 Å². The number of thiophene rings is 1. The number of fused-ring (bicyclic) bond motifs is 1. The molecule has 3 rings (SSSR count). The first-order valence-electron chi connectivity index (χ1n) is 5.99. The van der Waals surface area contributed by atoms with E-state index in [4.69, 9.17) is 23.2 Å². The largest absolute Gasteiger partial charge is 0.321 e. The number of halogens is 3. The number of hydrogen-bond acceptors (Lipinski definition) is 2. The van der Waals surface area contributed by atoms with Crippen LogP contribution in [0.1, 0.15) is 9.67 Å². The Labute approximate surface area is 134 Å². The highest BCUT2D eigenvalue weighted by atomic mass is 35.5. The van der Waals surface area contributed by atoms with Crippen molar-refractivity contribution in [1.29, 1.82) is 0 Å². The van der Waals surface area contributed by atoms with Gasteiger partial charge in [-0.25, -0.2) is 4.39 Å². The molecular weight excluding hydrogens is 332 g/mol. The van der Waals surface area contributed by atoms with Crippen LogP contribution < -0.4 is 5.32 Å². The number of rotatable bonds is 2. The SMILES string of the molecule is O=C(Nc1ccc(F)cc1)c1sc2cc(Cl)ccc2c1Cl. The Hall–Kier alpha value is -1.62. The first-order chi connectivity index (χ1) is 10.0. The lowest BCUT2D eigenvalue weighted by atomic mass is 10.2. The quantitative estimate of drug-likeness (QED) is 0.646. The second-order valence-corrected chi connectivity index (χ2v) is 6.21. The lowest BCUT2D eigenvalue weighted by Gasteiger charge is -2.03. The van der Waals surface area contributed by atoms with Crippen molar-refractivity contribution < 1.29 is 9.18 Å². The Kier molecular flexibility index (Phi) is 3.85. The van der Waals surface area contributed by atoms with Crippen LogP contribution in [0, 0.1) is 5.82 Å². The van der Waals surface area contributed by atoms with E-state index in [-0.39, 0.29) is 11.7 Å². The lowest BCUT2D eigenvalue weighted by Crippen LogP contribution is -2.10. The van der Waals surface area contributed by atoms with Gasteiger partial charge in [0.2, 0.25) is 0 Å². The maximum absolute atomic E-state index is 12.8. The van der Waals surface area contributed by atoms with Gasteiger partial charge in [0.1, 0.15) is 10.7 Å². The zero-order valence-electron chi connectivity index (χ0n) is 10.5. The summed E-state index contributed by atoms with van der Waals surface area (Å²) in [5.41, 5.74) is 0.507. The van der Waals surface area contributed by atoms with Crippen LogP contribution >= 0.6 is 34.5 Å². The minimum atomic E-state index is -0.359. The molecule has 0 atom stereocenters. The lowest BCUT2D eigenvalue weighted by molar-refractivity contribution is 0.103. The fourth-order valence-corrected chi connectivity index (χ4v) is 3.59. The van der Waals surface area contributed by atoms with Gasteiger partial charge in [0.15, 0.2) is 0 Å². The zero-order chi connectivity index (χ0) is 15.0. The number of carbonyl (C=O) groups is 1. The van der Waals surface area contributed by atoms with Crippen molar-refractivity contribution in [2.24, 2.45) is 0 Å². The molecule has 21 heavy (non-hydrogen) atoms. The summed E-state index contributed by atoms with van der Waals surface area (Å²) in [4.78, 5) is 12.7. The second-order valence-electron chi connectivity index (χ2n) is 4.35. The highest BCUT2D eigenvalue weighted by Gasteiger charge is 2.17. The standard InChI is InChI=1S/C15H8Cl2FNOS/c16-8-1-6-11-12(7-8)21-14(13(11)17)15(20)19-10-4-2-9(18)3-5-10/h1-7H,(H,19,20). The Balaban J connectivity index is 1.94. The van der Waals surface area contributed by atoms with E-state index in [1.54, 1.807) is 18.2 Å². The summed E-state index contributed by atoms with van der Waals surface area (Å²) < 4.78 is 13.7. The summed E-state index contributed by atoms with van der Waals surface area (Å²) in [6.45, 7) is 0. The molecule has 3 aromatic rings. The molecule has 1 heterocycles. The van der Waals surface area contributed by atoms with E-state index in [0.29, 0.717) is 20.6 Å². The summed E-state index contributed by atoms with van der Waals surface area (Å²) in [5, 5.41) is 4.46. The topological polar surface area (TPSA) is 29.1 Å². The third kappa shape index (κ3) is 2.88. The van der Waals surface area contributed by atoms with Crippen molar-refractivity contribution in [3.63, 3.8) is 0 Å². The van der Waals surface area contributed by atoms with E-state index >= 15 is 0 Å². The van der Waals surface area contributed by atoms with Gasteiger partial charge in [-0.3, -0.25) is 4.79 Å². The fourth-order valence-electron chi connectivity index (χ4n) is 1.91. The zero-order valence-corrected chi connectivity index (χ0v) is 12.8. The number of hydrogen-bond donors (Lipinski definition) is 1. The van der Waals surface area contributed by atoms with Crippen LogP contribution in [-0.2, 0) is 0 Å². The Morgan fingerprint density at radius 2 is 1.81 bits per heavy atom. The molecule has 1 N–H and O–H groups in total. The Bertz CT molecular complexity index is 830. The number of nitrogens with one attached hydrogen (secondary N) is 1. The highest BCUT2D eigenvalue weighted by Crippen LogP contribution is 2.37. The number of amides is 1. The summed E-state index contributed by atoms with van der Waals surface area (Å²) >= 11 is 13.4. The van der Waals surface area contributed by atoms with Crippen LogP contribution in [0.4, 0.5) is 10.1 Å². The molecule has 0 unspecified atom stereocenters. The van der Waals surface area contributed by atoms with Gasteiger partial charge in [0.25, 0.3) is 5.91 Å². The average molecular weight is 340 g/mol. The van der Waals surface area contributed by atoms with Crippen molar-refractivity contribution in [2.45, 2.75) is 0 Å². The molecule has 0 aliphatic heterocycles. The molecule has 6 heteroatoms. The smallest absolute Gasteiger partial charge is 0.267 e. The van der Waals surface area contributed by atoms with Gasteiger partial charge >= 0.3 is 0 Å². The van der Waals surface area contributed by atoms with Gasteiger partial charge in [-0.1, -0.05) is 29.3 Å². The Morgan fingerprint density at radius 3 is 2.52 bits per heavy atom. The molecule has 1 aromatic heterocycles.